The van der Waals surface area contributed by atoms with Crippen LogP contribution < -0.4 is 5.32 Å². The summed E-state index contributed by atoms with van der Waals surface area (Å²) in [5, 5.41) is 6.72. The van der Waals surface area contributed by atoms with Crippen molar-refractivity contribution in [3.05, 3.63) is 11.7 Å². The summed E-state index contributed by atoms with van der Waals surface area (Å²) in [7, 11) is 0. The molecule has 2 rings (SSSR count). The van der Waals surface area contributed by atoms with Crippen molar-refractivity contribution >= 4 is 6.03 Å². The molecule has 0 unspecified atom stereocenters. The largest absolute Gasteiger partial charge is 0.340 e. The predicted octanol–water partition coefficient (Wildman–Crippen LogP) is 1.81. The van der Waals surface area contributed by atoms with Crippen molar-refractivity contribution in [2.45, 2.75) is 39.2 Å². The molecule has 130 valence electrons. The molecule has 0 spiro atoms. The van der Waals surface area contributed by atoms with E-state index in [2.05, 4.69) is 15.5 Å². The van der Waals surface area contributed by atoms with Crippen LogP contribution in [0.2, 0.25) is 0 Å². The van der Waals surface area contributed by atoms with E-state index >= 15 is 0 Å². The van der Waals surface area contributed by atoms with Crippen LogP contribution in [0.4, 0.5) is 13.6 Å². The molecule has 23 heavy (non-hydrogen) atoms. The molecule has 1 aliphatic rings. The summed E-state index contributed by atoms with van der Waals surface area (Å²) in [6.45, 7) is 5.38. The lowest BCUT2D eigenvalue weighted by atomic mass is 10.2. The first-order valence-electron chi connectivity index (χ1n) is 7.85. The predicted molar refractivity (Wildman–Crippen MR) is 79.2 cm³/mol. The minimum absolute atomic E-state index is 0.224. The maximum absolute atomic E-state index is 12.5. The van der Waals surface area contributed by atoms with Crippen LogP contribution in [0, 0.1) is 6.92 Å². The number of alkyl halides is 2. The number of carbonyl (C=O) groups excluding carboxylic acids is 1. The van der Waals surface area contributed by atoms with E-state index in [4.69, 9.17) is 4.52 Å². The Morgan fingerprint density at radius 3 is 2.74 bits per heavy atom. The minimum atomic E-state index is -2.35. The van der Waals surface area contributed by atoms with Gasteiger partial charge in [-0.25, -0.2) is 13.6 Å². The van der Waals surface area contributed by atoms with E-state index in [0.717, 1.165) is 0 Å². The van der Waals surface area contributed by atoms with Gasteiger partial charge in [0.05, 0.1) is 12.6 Å². The second-order valence-electron chi connectivity index (χ2n) is 5.61. The number of carbonyl (C=O) groups is 1. The van der Waals surface area contributed by atoms with Gasteiger partial charge in [-0.1, -0.05) is 12.1 Å². The van der Waals surface area contributed by atoms with Gasteiger partial charge >= 0.3 is 6.03 Å². The number of nitrogens with one attached hydrogen (secondary N) is 1. The molecule has 0 aromatic carbocycles. The van der Waals surface area contributed by atoms with Gasteiger partial charge < -0.3 is 14.7 Å². The quantitative estimate of drug-likeness (QED) is 0.891. The Labute approximate surface area is 134 Å². The van der Waals surface area contributed by atoms with Crippen molar-refractivity contribution in [1.29, 1.82) is 0 Å². The van der Waals surface area contributed by atoms with Gasteiger partial charge in [0.1, 0.15) is 0 Å². The van der Waals surface area contributed by atoms with Gasteiger partial charge in [0.2, 0.25) is 5.89 Å². The Hall–Kier alpha value is -1.77. The smallest absolute Gasteiger partial charge is 0.318 e. The van der Waals surface area contributed by atoms with Gasteiger partial charge in [-0.15, -0.1) is 0 Å². The van der Waals surface area contributed by atoms with Crippen LogP contribution in [0.15, 0.2) is 4.52 Å². The van der Waals surface area contributed by atoms with Crippen molar-refractivity contribution in [3.8, 4) is 0 Å². The number of amides is 2. The molecule has 1 fully saturated rings. The first-order chi connectivity index (χ1) is 11.0. The summed E-state index contributed by atoms with van der Waals surface area (Å²) in [6.07, 6.45) is -1.03. The molecule has 1 aromatic rings. The zero-order valence-electron chi connectivity index (χ0n) is 13.5. The molecule has 1 N–H and O–H groups in total. The molecule has 1 aromatic heterocycles. The third-order valence-electron chi connectivity index (χ3n) is 3.83. The molecule has 1 atom stereocenters. The van der Waals surface area contributed by atoms with Gasteiger partial charge in [0, 0.05) is 33.1 Å². The number of hydrogen-bond acceptors (Lipinski definition) is 5. The maximum atomic E-state index is 12.5. The molecular formula is C14H23F2N5O2. The number of aromatic nitrogens is 2. The first kappa shape index (κ1) is 17.6. The molecule has 9 heteroatoms. The molecule has 1 aliphatic heterocycles. The zero-order chi connectivity index (χ0) is 16.8. The SMILES string of the molecule is CC[C@@H](NC(=O)N1CCCN(CC(F)F)CC1)c1noc(C)n1. The zero-order valence-corrected chi connectivity index (χ0v) is 13.5. The van der Waals surface area contributed by atoms with Crippen molar-refractivity contribution in [2.24, 2.45) is 0 Å². The van der Waals surface area contributed by atoms with Gasteiger partial charge in [-0.2, -0.15) is 4.98 Å². The summed E-state index contributed by atoms with van der Waals surface area (Å²) in [5.41, 5.74) is 0. The summed E-state index contributed by atoms with van der Waals surface area (Å²) >= 11 is 0. The second-order valence-corrected chi connectivity index (χ2v) is 5.61. The number of rotatable bonds is 5. The van der Waals surface area contributed by atoms with Gasteiger partial charge in [-0.05, 0) is 12.8 Å². The number of aryl methyl sites for hydroxylation is 1. The third kappa shape index (κ3) is 5.12. The fourth-order valence-electron chi connectivity index (χ4n) is 2.60. The summed E-state index contributed by atoms with van der Waals surface area (Å²) in [5.74, 6) is 0.901. The van der Waals surface area contributed by atoms with E-state index in [0.29, 0.717) is 50.7 Å². The minimum Gasteiger partial charge on any atom is -0.340 e. The van der Waals surface area contributed by atoms with Crippen molar-refractivity contribution in [3.63, 3.8) is 0 Å². The molecule has 1 saturated heterocycles. The van der Waals surface area contributed by atoms with Gasteiger partial charge in [-0.3, -0.25) is 4.90 Å². The fraction of sp³-hybridized carbons (Fsp3) is 0.786. The Kier molecular flexibility index (Phi) is 6.26. The van der Waals surface area contributed by atoms with Crippen LogP contribution in [0.25, 0.3) is 0 Å². The van der Waals surface area contributed by atoms with Crippen molar-refractivity contribution in [1.82, 2.24) is 25.3 Å². The van der Waals surface area contributed by atoms with Crippen LogP contribution in [0.3, 0.4) is 0 Å². The van der Waals surface area contributed by atoms with Crippen molar-refractivity contribution in [2.75, 3.05) is 32.7 Å². The fourth-order valence-corrected chi connectivity index (χ4v) is 2.60. The lowest BCUT2D eigenvalue weighted by Gasteiger charge is -2.24. The van der Waals surface area contributed by atoms with E-state index in [-0.39, 0.29) is 18.6 Å². The normalized spacial score (nSPS) is 18.0. The van der Waals surface area contributed by atoms with Gasteiger partial charge in [0.15, 0.2) is 5.82 Å². The van der Waals surface area contributed by atoms with Crippen LogP contribution in [0.1, 0.15) is 37.5 Å². The van der Waals surface area contributed by atoms with E-state index in [1.165, 1.54) is 0 Å². The van der Waals surface area contributed by atoms with Gasteiger partial charge in [0.25, 0.3) is 6.43 Å². The number of halogens is 2. The second kappa shape index (κ2) is 8.19. The maximum Gasteiger partial charge on any atom is 0.318 e. The summed E-state index contributed by atoms with van der Waals surface area (Å²) in [6, 6.07) is -0.543. The van der Waals surface area contributed by atoms with Crippen LogP contribution in [0.5, 0.6) is 0 Å². The molecule has 2 amide bonds. The average Bonchev–Trinajstić information content (AvgIpc) is 2.79. The lowest BCUT2D eigenvalue weighted by Crippen LogP contribution is -2.43. The molecule has 0 saturated carbocycles. The number of urea groups is 1. The van der Waals surface area contributed by atoms with Crippen LogP contribution in [-0.4, -0.2) is 65.1 Å². The van der Waals surface area contributed by atoms with Crippen molar-refractivity contribution < 1.29 is 18.1 Å². The topological polar surface area (TPSA) is 74.5 Å². The van der Waals surface area contributed by atoms with E-state index < -0.39 is 6.43 Å². The standard InChI is InChI=1S/C14H23F2N5O2/c1-3-11(13-17-10(2)23-19-13)18-14(22)21-6-4-5-20(7-8-21)9-12(15)16/h11-12H,3-9H2,1-2H3,(H,18,22)/t11-/m1/s1. The Bertz CT molecular complexity index is 511. The highest BCUT2D eigenvalue weighted by Crippen LogP contribution is 2.14. The number of hydrogen-bond donors (Lipinski definition) is 1. The summed E-state index contributed by atoms with van der Waals surface area (Å²) < 4.78 is 29.9. The third-order valence-corrected chi connectivity index (χ3v) is 3.83. The van der Waals surface area contributed by atoms with E-state index in [1.54, 1.807) is 16.7 Å². The van der Waals surface area contributed by atoms with Crippen LogP contribution >= 0.6 is 0 Å². The summed E-state index contributed by atoms with van der Waals surface area (Å²) in [4.78, 5) is 19.9. The average molecular weight is 331 g/mol. The Morgan fingerprint density at radius 1 is 1.35 bits per heavy atom. The Balaban J connectivity index is 1.89. The lowest BCUT2D eigenvalue weighted by molar-refractivity contribution is 0.0903. The first-order valence-corrected chi connectivity index (χ1v) is 7.85. The highest BCUT2D eigenvalue weighted by atomic mass is 19.3. The Morgan fingerprint density at radius 2 is 2.13 bits per heavy atom. The molecule has 7 nitrogen and oxygen atoms in total. The molecule has 0 aliphatic carbocycles. The molecule has 2 heterocycles. The van der Waals surface area contributed by atoms with E-state index in [1.807, 2.05) is 6.92 Å². The molecule has 0 radical (unpaired) electrons. The molecular weight excluding hydrogens is 308 g/mol. The van der Waals surface area contributed by atoms with Crippen LogP contribution in [-0.2, 0) is 0 Å². The highest BCUT2D eigenvalue weighted by molar-refractivity contribution is 5.74. The monoisotopic (exact) mass is 331 g/mol. The number of nitrogens with zero attached hydrogens (tertiary/aromatic N) is 4. The van der Waals surface area contributed by atoms with E-state index in [9.17, 15) is 13.6 Å². The highest BCUT2D eigenvalue weighted by Gasteiger charge is 2.24. The molecule has 0 bridgehead atoms.